The number of nitrogens with zero attached hydrogens (tertiary/aromatic N) is 4. The molecule has 1 aliphatic carbocycles. The minimum atomic E-state index is -0.658. The van der Waals surface area contributed by atoms with E-state index in [-0.39, 0.29) is 11.8 Å². The molecule has 10 rings (SSSR count). The largest absolute Gasteiger partial charge is 0.354 e. The molecule has 2 unspecified atom stereocenters. The molecule has 10 nitrogen and oxygen atoms in total. The summed E-state index contributed by atoms with van der Waals surface area (Å²) in [5, 5.41) is 6.25. The average Bonchev–Trinajstić information content (AvgIpc) is 4.07. The number of rotatable bonds is 13. The summed E-state index contributed by atoms with van der Waals surface area (Å²) in [6.45, 7) is 12.8. The van der Waals surface area contributed by atoms with Gasteiger partial charge in [-0.05, 0) is 102 Å². The summed E-state index contributed by atoms with van der Waals surface area (Å²) >= 11 is 0. The molecule has 2 atom stereocenters. The zero-order valence-electron chi connectivity index (χ0n) is 40.0. The summed E-state index contributed by atoms with van der Waals surface area (Å²) in [6.07, 6.45) is 28.2. The zero-order valence-corrected chi connectivity index (χ0v) is 41.6. The van der Waals surface area contributed by atoms with Gasteiger partial charge >= 0.3 is 0 Å². The van der Waals surface area contributed by atoms with Gasteiger partial charge in [0.1, 0.15) is 0 Å². The molecule has 68 heavy (non-hydrogen) atoms. The van der Waals surface area contributed by atoms with Crippen LogP contribution in [0.15, 0.2) is 151 Å². The Hall–Kier alpha value is -5.66. The van der Waals surface area contributed by atoms with Crippen LogP contribution in [0.2, 0.25) is 0 Å². The van der Waals surface area contributed by atoms with Gasteiger partial charge in [-0.1, -0.05) is 104 Å². The van der Waals surface area contributed by atoms with Gasteiger partial charge < -0.3 is 39.7 Å². The molecule has 0 radical (unpaired) electrons. The van der Waals surface area contributed by atoms with Crippen molar-refractivity contribution in [3.63, 3.8) is 0 Å². The summed E-state index contributed by atoms with van der Waals surface area (Å²) in [4.78, 5) is 36.0. The third-order valence-electron chi connectivity index (χ3n) is 15.0. The van der Waals surface area contributed by atoms with Gasteiger partial charge in [0.15, 0.2) is 11.4 Å². The molecule has 3 aromatic rings. The Morgan fingerprint density at radius 3 is 1.82 bits per heavy atom. The van der Waals surface area contributed by atoms with Crippen molar-refractivity contribution in [2.24, 2.45) is 0 Å². The predicted molar refractivity (Wildman–Crippen MR) is 281 cm³/mol. The van der Waals surface area contributed by atoms with E-state index >= 15 is 0 Å². The van der Waals surface area contributed by atoms with Crippen LogP contribution in [0.1, 0.15) is 77.9 Å². The van der Waals surface area contributed by atoms with Crippen molar-refractivity contribution in [3.8, 4) is 0 Å². The molecular formula is C56H62N6O4S2. The van der Waals surface area contributed by atoms with E-state index in [4.69, 9.17) is 9.47 Å². The highest BCUT2D eigenvalue weighted by Crippen LogP contribution is 2.56. The number of amides is 2. The number of allylic oxidation sites excluding steroid dienone is 12. The van der Waals surface area contributed by atoms with Crippen molar-refractivity contribution < 1.29 is 19.1 Å². The first-order chi connectivity index (χ1) is 32.9. The minimum absolute atomic E-state index is 0.0811. The molecule has 0 spiro atoms. The van der Waals surface area contributed by atoms with Crippen molar-refractivity contribution >= 4 is 56.0 Å². The van der Waals surface area contributed by atoms with E-state index in [1.807, 2.05) is 18.2 Å². The molecule has 0 saturated carbocycles. The van der Waals surface area contributed by atoms with Gasteiger partial charge in [-0.2, -0.15) is 0 Å². The monoisotopic (exact) mass is 946 g/mol. The van der Waals surface area contributed by atoms with Gasteiger partial charge in [0.2, 0.25) is 0 Å². The normalized spacial score (nSPS) is 24.9. The molecule has 0 bridgehead atoms. The molecule has 352 valence electrons. The molecule has 2 N–H and O–H groups in total. The topological polar surface area (TPSA) is 89.6 Å². The number of carbonyl (C=O) groups is 2. The van der Waals surface area contributed by atoms with Crippen LogP contribution in [0.5, 0.6) is 0 Å². The molecule has 3 aromatic carbocycles. The Bertz CT molecular complexity index is 2780. The van der Waals surface area contributed by atoms with E-state index in [1.54, 1.807) is 21.6 Å². The number of hydrogen-bond acceptors (Lipinski definition) is 10. The van der Waals surface area contributed by atoms with E-state index in [0.717, 1.165) is 65.5 Å². The number of fused-ring (bicyclic) bond motifs is 7. The lowest BCUT2D eigenvalue weighted by Gasteiger charge is -2.39. The molecule has 6 aliphatic heterocycles. The molecule has 12 heteroatoms. The highest BCUT2D eigenvalue weighted by Gasteiger charge is 2.60. The fraction of sp³-hybridized carbons (Fsp3) is 0.357. The molecule has 2 amide bonds. The lowest BCUT2D eigenvalue weighted by atomic mass is 9.77. The van der Waals surface area contributed by atoms with Crippen LogP contribution in [0, 0.1) is 0 Å². The van der Waals surface area contributed by atoms with Crippen molar-refractivity contribution in [2.75, 3.05) is 79.7 Å². The predicted octanol–water partition coefficient (Wildman–Crippen LogP) is 10.0. The van der Waals surface area contributed by atoms with Crippen molar-refractivity contribution in [1.29, 1.82) is 0 Å². The number of nitrogens with one attached hydrogen (secondary N) is 2. The van der Waals surface area contributed by atoms with E-state index in [2.05, 4.69) is 188 Å². The maximum absolute atomic E-state index is 13.5. The van der Waals surface area contributed by atoms with Crippen LogP contribution in [0.3, 0.4) is 0 Å². The Balaban J connectivity index is 0.697. The number of anilines is 3. The Morgan fingerprint density at radius 1 is 0.676 bits per heavy atom. The third-order valence-corrected chi connectivity index (χ3v) is 17.4. The number of ether oxygens (including phenoxy) is 2. The van der Waals surface area contributed by atoms with E-state index < -0.39 is 22.3 Å². The Labute approximate surface area is 409 Å². The van der Waals surface area contributed by atoms with Crippen LogP contribution in [0.4, 0.5) is 17.1 Å². The molecule has 2 saturated heterocycles. The second-order valence-electron chi connectivity index (χ2n) is 19.4. The number of carbonyl (C=O) groups excluding carboxylic acids is 2. The average molecular weight is 947 g/mol. The smallest absolute Gasteiger partial charge is 0.251 e. The van der Waals surface area contributed by atoms with Crippen LogP contribution in [0.25, 0.3) is 5.57 Å². The quantitative estimate of drug-likeness (QED) is 0.128. The Morgan fingerprint density at radius 2 is 1.22 bits per heavy atom. The Kier molecular flexibility index (Phi) is 12.4. The van der Waals surface area contributed by atoms with Gasteiger partial charge in [-0.25, -0.2) is 0 Å². The van der Waals surface area contributed by atoms with E-state index in [0.29, 0.717) is 37.4 Å². The third kappa shape index (κ3) is 7.77. The van der Waals surface area contributed by atoms with Crippen molar-refractivity contribution in [1.82, 2.24) is 15.5 Å². The first-order valence-electron chi connectivity index (χ1n) is 23.9. The minimum Gasteiger partial charge on any atom is -0.354 e. The van der Waals surface area contributed by atoms with E-state index in [9.17, 15) is 9.59 Å². The molecular weight excluding hydrogens is 885 g/mol. The second kappa shape index (κ2) is 18.3. The van der Waals surface area contributed by atoms with Crippen LogP contribution in [-0.4, -0.2) is 93.2 Å². The molecule has 7 aliphatic rings. The molecule has 0 aromatic heterocycles. The highest BCUT2D eigenvalue weighted by molar-refractivity contribution is 8.76. The van der Waals surface area contributed by atoms with Gasteiger partial charge in [0.25, 0.3) is 11.8 Å². The second-order valence-corrected chi connectivity index (χ2v) is 22.1. The van der Waals surface area contributed by atoms with Crippen molar-refractivity contribution in [2.45, 2.75) is 62.8 Å². The maximum Gasteiger partial charge on any atom is 0.251 e. The highest BCUT2D eigenvalue weighted by atomic mass is 33.1. The summed E-state index contributed by atoms with van der Waals surface area (Å²) in [7, 11) is 7.58. The number of para-hydroxylation sites is 1. The maximum atomic E-state index is 13.5. The fourth-order valence-corrected chi connectivity index (χ4v) is 13.1. The lowest BCUT2D eigenvalue weighted by Crippen LogP contribution is -2.51. The zero-order chi connectivity index (χ0) is 47.3. The summed E-state index contributed by atoms with van der Waals surface area (Å²) < 4.78 is 13.2. The van der Waals surface area contributed by atoms with Crippen LogP contribution >= 0.6 is 21.6 Å². The van der Waals surface area contributed by atoms with Gasteiger partial charge in [-0.3, -0.25) is 9.59 Å². The van der Waals surface area contributed by atoms with Crippen molar-refractivity contribution in [3.05, 3.63) is 178 Å². The SMILES string of the molecule is CN1C=C/C(=C\C=C\C23OCCN2c2ccc(C(=O)NCCSSCCNC(=O)c4ccc5c(c4)C(C)(C)C4(/C=C/C=C6\C=CN(C)c7ccccc76)OCCN54)cc2C3(C)C)C2=C1CCC=C2. The first kappa shape index (κ1) is 46.1. The molecule has 6 heterocycles. The summed E-state index contributed by atoms with van der Waals surface area (Å²) in [5.74, 6) is 1.33. The van der Waals surface area contributed by atoms with Crippen LogP contribution in [-0.2, 0) is 20.3 Å². The fourth-order valence-electron chi connectivity index (χ4n) is 11.2. The van der Waals surface area contributed by atoms with Gasteiger partial charge in [0.05, 0.1) is 13.2 Å². The van der Waals surface area contributed by atoms with Gasteiger partial charge in [-0.15, -0.1) is 0 Å². The summed E-state index contributed by atoms with van der Waals surface area (Å²) in [5.41, 5.74) is 11.0. The van der Waals surface area contributed by atoms with Gasteiger partial charge in [0, 0.05) is 120 Å². The van der Waals surface area contributed by atoms with E-state index in [1.165, 1.54) is 28.1 Å². The van der Waals surface area contributed by atoms with Crippen LogP contribution < -0.4 is 25.3 Å². The number of hydrogen-bond donors (Lipinski definition) is 2. The summed E-state index contributed by atoms with van der Waals surface area (Å²) in [6, 6.07) is 20.6. The number of benzene rings is 3. The lowest BCUT2D eigenvalue weighted by molar-refractivity contribution is -0.000362. The standard InChI is InChI=1S/C56H62N6O4S2/c1-53(2)45-37-41(19-21-49(45)61-31-33-65-55(53,61)25-11-13-39-23-29-59(5)47-17-9-7-15-43(39)47)51(63)57-27-35-67-68-36-28-58-52(64)42-20-22-50-46(38-42)54(3,4)56(62(50)32-34-66-56)26-12-14-40-24-30-60(6)48-18-10-8-16-44(40)48/h7-9,11-17,19-26,29-30,37-38H,10,18,27-28,31-36H2,1-6H3,(H,57,63)(H,58,64)/b25-11+,26-12+,39-13+,40-14+. The first-order valence-corrected chi connectivity index (χ1v) is 26.4. The molecule has 2 fully saturated rings.